The molecule has 1 fully saturated rings. The van der Waals surface area contributed by atoms with Gasteiger partial charge in [0.05, 0.1) is 12.4 Å². The van der Waals surface area contributed by atoms with Gasteiger partial charge < -0.3 is 5.73 Å². The third kappa shape index (κ3) is 2.48. The van der Waals surface area contributed by atoms with Gasteiger partial charge in [0.1, 0.15) is 0 Å². The molecule has 1 aliphatic carbocycles. The molecule has 0 bridgehead atoms. The average Bonchev–Trinajstić information content (AvgIpc) is 3.00. The number of rotatable bonds is 3. The van der Waals surface area contributed by atoms with Crippen LogP contribution >= 0.6 is 11.6 Å². The van der Waals surface area contributed by atoms with Crippen molar-refractivity contribution >= 4 is 17.4 Å². The summed E-state index contributed by atoms with van der Waals surface area (Å²) in [5.74, 6) is 1.36. The largest absolute Gasteiger partial charge is 0.387 e. The molecule has 1 aromatic carbocycles. The van der Waals surface area contributed by atoms with Gasteiger partial charge >= 0.3 is 0 Å². The monoisotopic (exact) mass is 208 g/mol. The van der Waals surface area contributed by atoms with Crippen molar-refractivity contribution in [2.75, 3.05) is 0 Å². The lowest BCUT2D eigenvalue weighted by atomic mass is 10.2. The molecule has 3 heteroatoms. The molecule has 1 aliphatic rings. The van der Waals surface area contributed by atoms with Gasteiger partial charge in [0.15, 0.2) is 0 Å². The topological polar surface area (TPSA) is 38.4 Å². The van der Waals surface area contributed by atoms with Crippen molar-refractivity contribution in [1.82, 2.24) is 0 Å². The van der Waals surface area contributed by atoms with Gasteiger partial charge in [-0.3, -0.25) is 4.99 Å². The van der Waals surface area contributed by atoms with E-state index in [0.717, 1.165) is 16.4 Å². The molecule has 1 aromatic rings. The van der Waals surface area contributed by atoms with Crippen LogP contribution in [0.5, 0.6) is 0 Å². The summed E-state index contributed by atoms with van der Waals surface area (Å²) >= 11 is 5.77. The Bertz CT molecular complexity index is 339. The highest BCUT2D eigenvalue weighted by Crippen LogP contribution is 2.28. The summed E-state index contributed by atoms with van der Waals surface area (Å²) in [7, 11) is 0. The van der Waals surface area contributed by atoms with Crippen molar-refractivity contribution in [3.8, 4) is 0 Å². The summed E-state index contributed by atoms with van der Waals surface area (Å²) in [5.41, 5.74) is 6.93. The van der Waals surface area contributed by atoms with Crippen LogP contribution in [0.15, 0.2) is 29.3 Å². The van der Waals surface area contributed by atoms with Crippen LogP contribution in [0, 0.1) is 5.92 Å². The Labute approximate surface area is 88.8 Å². The zero-order valence-corrected chi connectivity index (χ0v) is 8.67. The number of halogens is 1. The van der Waals surface area contributed by atoms with Crippen molar-refractivity contribution in [3.05, 3.63) is 34.9 Å². The maximum Gasteiger partial charge on any atom is 0.0972 e. The summed E-state index contributed by atoms with van der Waals surface area (Å²) in [6.07, 6.45) is 2.41. The lowest BCUT2D eigenvalue weighted by Gasteiger charge is -1.99. The van der Waals surface area contributed by atoms with E-state index < -0.39 is 0 Å². The Morgan fingerprint density at radius 2 is 2.00 bits per heavy atom. The molecule has 2 nitrogen and oxygen atoms in total. The SMILES string of the molecule is NC(=NCc1ccc(Cl)cc1)C1CC1. The quantitative estimate of drug-likeness (QED) is 0.602. The van der Waals surface area contributed by atoms with Gasteiger partial charge in [0.2, 0.25) is 0 Å². The smallest absolute Gasteiger partial charge is 0.0972 e. The number of nitrogens with two attached hydrogens (primary N) is 1. The molecule has 74 valence electrons. The fourth-order valence-corrected chi connectivity index (χ4v) is 1.41. The van der Waals surface area contributed by atoms with Gasteiger partial charge in [-0.15, -0.1) is 0 Å². The van der Waals surface area contributed by atoms with Crippen LogP contribution in [0.2, 0.25) is 5.02 Å². The maximum absolute atomic E-state index is 5.78. The normalized spacial score (nSPS) is 17.1. The van der Waals surface area contributed by atoms with E-state index in [0.29, 0.717) is 12.5 Å². The van der Waals surface area contributed by atoms with Gasteiger partial charge in [-0.25, -0.2) is 0 Å². The van der Waals surface area contributed by atoms with Crippen LogP contribution in [0.3, 0.4) is 0 Å². The molecule has 0 aliphatic heterocycles. The van der Waals surface area contributed by atoms with Crippen molar-refractivity contribution in [1.29, 1.82) is 0 Å². The lowest BCUT2D eigenvalue weighted by molar-refractivity contribution is 1.02. The molecule has 2 N–H and O–H groups in total. The van der Waals surface area contributed by atoms with Crippen molar-refractivity contribution in [2.24, 2.45) is 16.6 Å². The van der Waals surface area contributed by atoms with E-state index in [2.05, 4.69) is 4.99 Å². The molecule has 0 radical (unpaired) electrons. The summed E-state index contributed by atoms with van der Waals surface area (Å²) < 4.78 is 0. The van der Waals surface area contributed by atoms with E-state index in [4.69, 9.17) is 17.3 Å². The number of hydrogen-bond donors (Lipinski definition) is 1. The van der Waals surface area contributed by atoms with Gasteiger partial charge in [0, 0.05) is 10.9 Å². The Kier molecular flexibility index (Phi) is 2.73. The first kappa shape index (κ1) is 9.53. The third-order valence-corrected chi connectivity index (χ3v) is 2.61. The minimum absolute atomic E-state index is 0.558. The molecule has 0 saturated heterocycles. The second-order valence-corrected chi connectivity index (χ2v) is 4.08. The molecule has 1 saturated carbocycles. The fourth-order valence-electron chi connectivity index (χ4n) is 1.28. The van der Waals surface area contributed by atoms with E-state index >= 15 is 0 Å². The first-order valence-corrected chi connectivity index (χ1v) is 5.18. The van der Waals surface area contributed by atoms with Crippen LogP contribution in [0.4, 0.5) is 0 Å². The molecule has 0 heterocycles. The second kappa shape index (κ2) is 4.01. The second-order valence-electron chi connectivity index (χ2n) is 3.64. The third-order valence-electron chi connectivity index (χ3n) is 2.35. The van der Waals surface area contributed by atoms with Gasteiger partial charge in [-0.2, -0.15) is 0 Å². The fraction of sp³-hybridized carbons (Fsp3) is 0.364. The van der Waals surface area contributed by atoms with Gasteiger partial charge in [-0.1, -0.05) is 23.7 Å². The summed E-state index contributed by atoms with van der Waals surface area (Å²) in [5, 5.41) is 0.757. The highest BCUT2D eigenvalue weighted by molar-refractivity contribution is 6.30. The highest BCUT2D eigenvalue weighted by Gasteiger charge is 2.24. The van der Waals surface area contributed by atoms with E-state index in [1.54, 1.807) is 0 Å². The molecule has 14 heavy (non-hydrogen) atoms. The first-order chi connectivity index (χ1) is 6.75. The minimum Gasteiger partial charge on any atom is -0.387 e. The molecule has 0 spiro atoms. The van der Waals surface area contributed by atoms with Crippen molar-refractivity contribution in [2.45, 2.75) is 19.4 Å². The van der Waals surface area contributed by atoms with Crippen LogP contribution in [-0.4, -0.2) is 5.84 Å². The number of nitrogens with zero attached hydrogens (tertiary/aromatic N) is 1. The van der Waals surface area contributed by atoms with Crippen LogP contribution < -0.4 is 5.73 Å². The first-order valence-electron chi connectivity index (χ1n) is 4.80. The van der Waals surface area contributed by atoms with E-state index in [1.165, 1.54) is 12.8 Å². The molecular weight excluding hydrogens is 196 g/mol. The highest BCUT2D eigenvalue weighted by atomic mass is 35.5. The maximum atomic E-state index is 5.78. The Morgan fingerprint density at radius 1 is 1.36 bits per heavy atom. The zero-order valence-electron chi connectivity index (χ0n) is 7.91. The predicted octanol–water partition coefficient (Wildman–Crippen LogP) is 2.61. The molecule has 0 atom stereocenters. The lowest BCUT2D eigenvalue weighted by Crippen LogP contribution is -2.14. The molecule has 2 rings (SSSR count). The Hall–Kier alpha value is -1.02. The number of aliphatic imine (C=N–C) groups is 1. The molecular formula is C11H13ClN2. The summed E-state index contributed by atoms with van der Waals surface area (Å²) in [6.45, 7) is 0.666. The summed E-state index contributed by atoms with van der Waals surface area (Å²) in [4.78, 5) is 4.34. The van der Waals surface area contributed by atoms with Crippen LogP contribution in [-0.2, 0) is 6.54 Å². The van der Waals surface area contributed by atoms with Crippen molar-refractivity contribution < 1.29 is 0 Å². The van der Waals surface area contributed by atoms with Gasteiger partial charge in [0.25, 0.3) is 0 Å². The standard InChI is InChI=1S/C11H13ClN2/c12-10-5-1-8(2-6-10)7-14-11(13)9-3-4-9/h1-2,5-6,9H,3-4,7H2,(H2,13,14). The molecule has 0 unspecified atom stereocenters. The zero-order chi connectivity index (χ0) is 9.97. The summed E-state index contributed by atoms with van der Waals surface area (Å²) in [6, 6.07) is 7.71. The van der Waals surface area contributed by atoms with E-state index in [9.17, 15) is 0 Å². The predicted molar refractivity (Wildman–Crippen MR) is 59.5 cm³/mol. The van der Waals surface area contributed by atoms with E-state index in [-0.39, 0.29) is 0 Å². The molecule has 0 amide bonds. The minimum atomic E-state index is 0.558. The van der Waals surface area contributed by atoms with Crippen LogP contribution in [0.25, 0.3) is 0 Å². The molecule has 0 aromatic heterocycles. The van der Waals surface area contributed by atoms with Crippen molar-refractivity contribution in [3.63, 3.8) is 0 Å². The van der Waals surface area contributed by atoms with Crippen LogP contribution in [0.1, 0.15) is 18.4 Å². The Balaban J connectivity index is 1.96. The average molecular weight is 209 g/mol. The van der Waals surface area contributed by atoms with Gasteiger partial charge in [-0.05, 0) is 30.5 Å². The Morgan fingerprint density at radius 3 is 2.57 bits per heavy atom. The van der Waals surface area contributed by atoms with E-state index in [1.807, 2.05) is 24.3 Å². The number of amidine groups is 1. The number of benzene rings is 1. The number of hydrogen-bond acceptors (Lipinski definition) is 1.